The fourth-order valence-electron chi connectivity index (χ4n) is 1.83. The number of hydrogen-bond donors (Lipinski definition) is 1. The van der Waals surface area contributed by atoms with Crippen molar-refractivity contribution in [2.45, 2.75) is 31.8 Å². The molecule has 0 atom stereocenters. The molecule has 0 spiro atoms. The monoisotopic (exact) mass is 167 g/mol. The number of likely N-dealkylation sites (tertiary alicyclic amines) is 1. The normalized spacial score (nSPS) is 25.9. The first-order chi connectivity index (χ1) is 5.77. The lowest BCUT2D eigenvalue weighted by Gasteiger charge is -2.32. The van der Waals surface area contributed by atoms with Crippen LogP contribution in [-0.4, -0.2) is 29.2 Å². The van der Waals surface area contributed by atoms with Gasteiger partial charge < -0.3 is 10.0 Å². The molecule has 1 aliphatic carbocycles. The average molecular weight is 167 g/mol. The number of nitrogens with zero attached hydrogens (tertiary/aromatic N) is 1. The van der Waals surface area contributed by atoms with Crippen molar-refractivity contribution in [3.63, 3.8) is 0 Å². The van der Waals surface area contributed by atoms with E-state index in [2.05, 4.69) is 11.5 Å². The Kier molecular flexibility index (Phi) is 2.09. The van der Waals surface area contributed by atoms with Gasteiger partial charge in [-0.05, 0) is 31.6 Å². The summed E-state index contributed by atoms with van der Waals surface area (Å²) in [4.78, 5) is 2.35. The van der Waals surface area contributed by atoms with Crippen molar-refractivity contribution < 1.29 is 5.11 Å². The standard InChI is InChI=1S/C10H17NO/c1-8(9-2-3-9)11-6-4-10(12)5-7-11/h9-10,12H,1-7H2. The summed E-state index contributed by atoms with van der Waals surface area (Å²) < 4.78 is 0. The Hall–Kier alpha value is -0.500. The predicted octanol–water partition coefficient (Wildman–Crippen LogP) is 1.37. The summed E-state index contributed by atoms with van der Waals surface area (Å²) in [5, 5.41) is 9.31. The topological polar surface area (TPSA) is 23.5 Å². The van der Waals surface area contributed by atoms with Crippen molar-refractivity contribution in [2.75, 3.05) is 13.1 Å². The van der Waals surface area contributed by atoms with Gasteiger partial charge in [0.15, 0.2) is 0 Å². The Bertz CT molecular complexity index is 178. The van der Waals surface area contributed by atoms with Crippen LogP contribution < -0.4 is 0 Å². The van der Waals surface area contributed by atoms with Crippen molar-refractivity contribution in [3.05, 3.63) is 12.3 Å². The predicted molar refractivity (Wildman–Crippen MR) is 48.7 cm³/mol. The molecule has 1 N–H and O–H groups in total. The van der Waals surface area contributed by atoms with E-state index in [1.54, 1.807) is 0 Å². The molecule has 1 saturated carbocycles. The molecule has 2 fully saturated rings. The third kappa shape index (κ3) is 1.63. The Morgan fingerprint density at radius 2 is 1.75 bits per heavy atom. The van der Waals surface area contributed by atoms with Crippen LogP contribution in [0, 0.1) is 5.92 Å². The third-order valence-corrected chi connectivity index (χ3v) is 2.92. The first-order valence-electron chi connectivity index (χ1n) is 4.89. The van der Waals surface area contributed by atoms with Gasteiger partial charge in [0, 0.05) is 18.8 Å². The summed E-state index contributed by atoms with van der Waals surface area (Å²) in [6.07, 6.45) is 4.45. The zero-order valence-corrected chi connectivity index (χ0v) is 7.50. The minimum atomic E-state index is -0.0618. The molecule has 2 rings (SSSR count). The highest BCUT2D eigenvalue weighted by Crippen LogP contribution is 2.37. The SMILES string of the molecule is C=C(C1CC1)N1CCC(O)CC1. The van der Waals surface area contributed by atoms with E-state index >= 15 is 0 Å². The zero-order chi connectivity index (χ0) is 8.55. The van der Waals surface area contributed by atoms with Crippen molar-refractivity contribution >= 4 is 0 Å². The lowest BCUT2D eigenvalue weighted by molar-refractivity contribution is 0.0950. The van der Waals surface area contributed by atoms with E-state index in [-0.39, 0.29) is 6.10 Å². The number of piperidine rings is 1. The van der Waals surface area contributed by atoms with Crippen LogP contribution >= 0.6 is 0 Å². The Labute approximate surface area is 73.9 Å². The van der Waals surface area contributed by atoms with Crippen LogP contribution in [0.1, 0.15) is 25.7 Å². The number of allylic oxidation sites excluding steroid dienone is 1. The number of hydrogen-bond acceptors (Lipinski definition) is 2. The van der Waals surface area contributed by atoms with Gasteiger partial charge in [-0.2, -0.15) is 0 Å². The molecule has 1 aliphatic heterocycles. The molecule has 0 aromatic carbocycles. The van der Waals surface area contributed by atoms with Crippen molar-refractivity contribution in [1.29, 1.82) is 0 Å². The smallest absolute Gasteiger partial charge is 0.0573 e. The minimum absolute atomic E-state index is 0.0618. The van der Waals surface area contributed by atoms with E-state index in [0.717, 1.165) is 31.8 Å². The van der Waals surface area contributed by atoms with E-state index in [0.29, 0.717) is 0 Å². The lowest BCUT2D eigenvalue weighted by Crippen LogP contribution is -2.35. The third-order valence-electron chi connectivity index (χ3n) is 2.92. The summed E-state index contributed by atoms with van der Waals surface area (Å²) in [5.74, 6) is 0.778. The Morgan fingerprint density at radius 3 is 2.25 bits per heavy atom. The molecule has 0 aromatic rings. The molecule has 12 heavy (non-hydrogen) atoms. The molecule has 2 heteroatoms. The first-order valence-corrected chi connectivity index (χ1v) is 4.89. The second-order valence-corrected chi connectivity index (χ2v) is 3.98. The number of aliphatic hydroxyl groups excluding tert-OH is 1. The fourth-order valence-corrected chi connectivity index (χ4v) is 1.83. The maximum Gasteiger partial charge on any atom is 0.0573 e. The molecular formula is C10H17NO. The van der Waals surface area contributed by atoms with Gasteiger partial charge in [-0.3, -0.25) is 0 Å². The molecule has 1 saturated heterocycles. The van der Waals surface area contributed by atoms with Gasteiger partial charge >= 0.3 is 0 Å². The second-order valence-electron chi connectivity index (χ2n) is 3.98. The molecule has 0 unspecified atom stereocenters. The molecule has 2 aliphatic rings. The van der Waals surface area contributed by atoms with E-state index in [1.807, 2.05) is 0 Å². The maximum absolute atomic E-state index is 9.31. The van der Waals surface area contributed by atoms with Gasteiger partial charge in [0.2, 0.25) is 0 Å². The Balaban J connectivity index is 1.84. The summed E-state index contributed by atoms with van der Waals surface area (Å²) >= 11 is 0. The van der Waals surface area contributed by atoms with Crippen molar-refractivity contribution in [1.82, 2.24) is 4.90 Å². The highest BCUT2D eigenvalue weighted by atomic mass is 16.3. The van der Waals surface area contributed by atoms with E-state index in [9.17, 15) is 5.11 Å². The average Bonchev–Trinajstić information content (AvgIpc) is 2.87. The number of rotatable bonds is 2. The molecule has 2 nitrogen and oxygen atoms in total. The van der Waals surface area contributed by atoms with E-state index < -0.39 is 0 Å². The second kappa shape index (κ2) is 3.09. The van der Waals surface area contributed by atoms with Gasteiger partial charge in [-0.25, -0.2) is 0 Å². The quantitative estimate of drug-likeness (QED) is 0.671. The molecular weight excluding hydrogens is 150 g/mol. The van der Waals surface area contributed by atoms with Crippen LogP contribution in [0.5, 0.6) is 0 Å². The van der Waals surface area contributed by atoms with Gasteiger partial charge in [-0.15, -0.1) is 0 Å². The largest absolute Gasteiger partial charge is 0.393 e. The molecule has 1 heterocycles. The van der Waals surface area contributed by atoms with Crippen LogP contribution in [0.3, 0.4) is 0 Å². The highest BCUT2D eigenvalue weighted by molar-refractivity contribution is 5.07. The number of aliphatic hydroxyl groups is 1. The van der Waals surface area contributed by atoms with Crippen LogP contribution in [0.4, 0.5) is 0 Å². The highest BCUT2D eigenvalue weighted by Gasteiger charge is 2.29. The molecule has 0 radical (unpaired) electrons. The summed E-state index contributed by atoms with van der Waals surface area (Å²) in [6.45, 7) is 6.13. The van der Waals surface area contributed by atoms with Crippen LogP contribution in [0.2, 0.25) is 0 Å². The Morgan fingerprint density at radius 1 is 1.17 bits per heavy atom. The van der Waals surface area contributed by atoms with Gasteiger partial charge in [0.05, 0.1) is 6.10 Å². The van der Waals surface area contributed by atoms with Gasteiger partial charge in [0.25, 0.3) is 0 Å². The fraction of sp³-hybridized carbons (Fsp3) is 0.800. The summed E-state index contributed by atoms with van der Waals surface area (Å²) in [7, 11) is 0. The lowest BCUT2D eigenvalue weighted by atomic mass is 10.1. The zero-order valence-electron chi connectivity index (χ0n) is 7.50. The van der Waals surface area contributed by atoms with Crippen molar-refractivity contribution in [2.24, 2.45) is 5.92 Å². The molecule has 0 amide bonds. The van der Waals surface area contributed by atoms with Crippen LogP contribution in [0.25, 0.3) is 0 Å². The molecule has 0 bridgehead atoms. The van der Waals surface area contributed by atoms with Gasteiger partial charge in [0.1, 0.15) is 0 Å². The van der Waals surface area contributed by atoms with E-state index in [1.165, 1.54) is 18.5 Å². The molecule has 68 valence electrons. The van der Waals surface area contributed by atoms with E-state index in [4.69, 9.17) is 0 Å². The summed E-state index contributed by atoms with van der Waals surface area (Å²) in [5.41, 5.74) is 1.32. The van der Waals surface area contributed by atoms with Gasteiger partial charge in [-0.1, -0.05) is 6.58 Å². The van der Waals surface area contributed by atoms with Crippen molar-refractivity contribution in [3.8, 4) is 0 Å². The minimum Gasteiger partial charge on any atom is -0.393 e. The molecule has 0 aromatic heterocycles. The summed E-state index contributed by atoms with van der Waals surface area (Å²) in [6, 6.07) is 0. The van der Waals surface area contributed by atoms with Crippen LogP contribution in [-0.2, 0) is 0 Å². The van der Waals surface area contributed by atoms with Crippen LogP contribution in [0.15, 0.2) is 12.3 Å². The maximum atomic E-state index is 9.31. The first kappa shape index (κ1) is 8.11.